The Bertz CT molecular complexity index is 1690. The lowest BCUT2D eigenvalue weighted by atomic mass is 9.85. The van der Waals surface area contributed by atoms with Gasteiger partial charge in [0.25, 0.3) is 11.5 Å². The molecule has 1 atom stereocenters. The average Bonchev–Trinajstić information content (AvgIpc) is 3.69. The number of carbonyl (C=O) groups excluding carboxylic acids is 2. The van der Waals surface area contributed by atoms with Crippen molar-refractivity contribution < 1.29 is 14.3 Å². The van der Waals surface area contributed by atoms with Crippen LogP contribution in [0.5, 0.6) is 0 Å². The standard InChI is InChI=1S/C32H34N6O4/c1-19(2)18-42-32(41)21-7-10-24(11-8-21)37-17-22-16-23(9-12-25(22)31(37)40)35-29-28-27(13-15-34-30(28)39)38(36-29)26(4-3-14-33)20-5-6-20/h9,12-13,15-16,19-21,24,26H,5-8,10-11,17-18H2,1-2H3,(H,34,39)(H,35,36). The van der Waals surface area contributed by atoms with Crippen molar-refractivity contribution in [2.75, 3.05) is 11.9 Å². The Morgan fingerprint density at radius 2 is 1.95 bits per heavy atom. The van der Waals surface area contributed by atoms with E-state index in [0.29, 0.717) is 47.3 Å². The van der Waals surface area contributed by atoms with Gasteiger partial charge in [-0.05, 0) is 80.2 Å². The molecule has 2 saturated carbocycles. The molecule has 3 aromatic rings. The van der Waals surface area contributed by atoms with Crippen LogP contribution in [0.2, 0.25) is 0 Å². The van der Waals surface area contributed by atoms with Gasteiger partial charge in [0, 0.05) is 36.0 Å². The Morgan fingerprint density at radius 3 is 2.67 bits per heavy atom. The van der Waals surface area contributed by atoms with E-state index in [1.54, 1.807) is 16.9 Å². The Kier molecular flexibility index (Phi) is 7.47. The summed E-state index contributed by atoms with van der Waals surface area (Å²) in [7, 11) is 0. The molecule has 10 heteroatoms. The van der Waals surface area contributed by atoms with Crippen LogP contribution in [0.1, 0.15) is 74.3 Å². The molecule has 2 fully saturated rings. The quantitative estimate of drug-likeness (QED) is 0.299. The fourth-order valence-corrected chi connectivity index (χ4v) is 6.14. The number of H-pyrrole nitrogens is 1. The molecular weight excluding hydrogens is 532 g/mol. The van der Waals surface area contributed by atoms with E-state index >= 15 is 0 Å². The predicted octanol–water partition coefficient (Wildman–Crippen LogP) is 4.66. The van der Waals surface area contributed by atoms with Crippen molar-refractivity contribution >= 4 is 34.3 Å². The summed E-state index contributed by atoms with van der Waals surface area (Å²) < 4.78 is 7.20. The average molecular weight is 567 g/mol. The highest BCUT2D eigenvalue weighted by atomic mass is 16.5. The van der Waals surface area contributed by atoms with Gasteiger partial charge in [-0.3, -0.25) is 14.4 Å². The first kappa shape index (κ1) is 27.6. The van der Waals surface area contributed by atoms with Crippen LogP contribution in [0, 0.1) is 40.9 Å². The van der Waals surface area contributed by atoms with E-state index in [4.69, 9.17) is 15.1 Å². The molecule has 0 saturated heterocycles. The van der Waals surface area contributed by atoms with E-state index in [9.17, 15) is 14.4 Å². The number of pyridine rings is 1. The number of anilines is 2. The maximum atomic E-state index is 13.3. The van der Waals surface area contributed by atoms with Gasteiger partial charge in [-0.15, -0.1) is 0 Å². The van der Waals surface area contributed by atoms with Crippen molar-refractivity contribution in [3.05, 3.63) is 51.9 Å². The lowest BCUT2D eigenvalue weighted by Crippen LogP contribution is -2.39. The number of aromatic amines is 1. The highest BCUT2D eigenvalue weighted by molar-refractivity contribution is 5.99. The minimum Gasteiger partial charge on any atom is -0.465 e. The Labute approximate surface area is 244 Å². The zero-order valence-corrected chi connectivity index (χ0v) is 23.9. The lowest BCUT2D eigenvalue weighted by molar-refractivity contribution is -0.151. The number of fused-ring (bicyclic) bond motifs is 2. The first-order valence-electron chi connectivity index (χ1n) is 14.7. The molecule has 3 aliphatic rings. The number of nitrogens with one attached hydrogen (secondary N) is 2. The Balaban J connectivity index is 1.19. The molecule has 6 rings (SSSR count). The lowest BCUT2D eigenvalue weighted by Gasteiger charge is -2.33. The summed E-state index contributed by atoms with van der Waals surface area (Å²) in [6.07, 6.45) is 6.57. The molecule has 1 amide bonds. The predicted molar refractivity (Wildman–Crippen MR) is 157 cm³/mol. The number of nitrogens with zero attached hydrogens (tertiary/aromatic N) is 4. The summed E-state index contributed by atoms with van der Waals surface area (Å²) in [5, 5.41) is 17.5. The highest BCUT2D eigenvalue weighted by Crippen LogP contribution is 2.41. The molecule has 2 aromatic heterocycles. The summed E-state index contributed by atoms with van der Waals surface area (Å²) in [6.45, 7) is 4.99. The molecule has 1 aromatic carbocycles. The van der Waals surface area contributed by atoms with Crippen molar-refractivity contribution in [2.24, 2.45) is 17.8 Å². The molecule has 2 aliphatic carbocycles. The maximum Gasteiger partial charge on any atom is 0.308 e. The van der Waals surface area contributed by atoms with Gasteiger partial charge in [-0.1, -0.05) is 19.8 Å². The number of rotatable bonds is 8. The Morgan fingerprint density at radius 1 is 1.17 bits per heavy atom. The Hall–Kier alpha value is -4.57. The summed E-state index contributed by atoms with van der Waals surface area (Å²) >= 11 is 0. The molecule has 1 aliphatic heterocycles. The number of esters is 1. The third-order valence-corrected chi connectivity index (χ3v) is 8.47. The number of nitriles is 1. The van der Waals surface area contributed by atoms with Gasteiger partial charge >= 0.3 is 5.97 Å². The molecular formula is C32H34N6O4. The van der Waals surface area contributed by atoms with Crippen LogP contribution in [0.4, 0.5) is 11.5 Å². The normalized spacial score (nSPS) is 20.5. The minimum atomic E-state index is -0.289. The van der Waals surface area contributed by atoms with Crippen molar-refractivity contribution in [1.82, 2.24) is 19.7 Å². The van der Waals surface area contributed by atoms with Gasteiger partial charge in [0.05, 0.1) is 18.0 Å². The second-order valence-electron chi connectivity index (χ2n) is 12.0. The number of carbonyl (C=O) groups is 2. The molecule has 0 radical (unpaired) electrons. The van der Waals surface area contributed by atoms with Crippen molar-refractivity contribution in [1.29, 1.82) is 5.26 Å². The van der Waals surface area contributed by atoms with Gasteiger partial charge in [-0.25, -0.2) is 4.68 Å². The highest BCUT2D eigenvalue weighted by Gasteiger charge is 2.37. The summed E-state index contributed by atoms with van der Waals surface area (Å²) in [6, 6.07) is 9.08. The van der Waals surface area contributed by atoms with E-state index in [0.717, 1.165) is 49.8 Å². The molecule has 3 heterocycles. The fraction of sp³-hybridized carbons (Fsp3) is 0.469. The van der Waals surface area contributed by atoms with Gasteiger partial charge in [-0.2, -0.15) is 10.4 Å². The zero-order valence-electron chi connectivity index (χ0n) is 23.9. The van der Waals surface area contributed by atoms with Crippen LogP contribution in [-0.4, -0.2) is 44.2 Å². The number of hydrogen-bond acceptors (Lipinski definition) is 7. The molecule has 10 nitrogen and oxygen atoms in total. The summed E-state index contributed by atoms with van der Waals surface area (Å²) in [5.41, 5.74) is 2.69. The third-order valence-electron chi connectivity index (χ3n) is 8.47. The van der Waals surface area contributed by atoms with Gasteiger partial charge in [0.15, 0.2) is 11.9 Å². The van der Waals surface area contributed by atoms with Crippen molar-refractivity contribution in [2.45, 2.75) is 71.0 Å². The van der Waals surface area contributed by atoms with Crippen LogP contribution in [0.3, 0.4) is 0 Å². The van der Waals surface area contributed by atoms with Crippen molar-refractivity contribution in [3.8, 4) is 17.9 Å². The number of hydrogen-bond donors (Lipinski definition) is 2. The maximum absolute atomic E-state index is 13.3. The second-order valence-corrected chi connectivity index (χ2v) is 12.0. The summed E-state index contributed by atoms with van der Waals surface area (Å²) in [4.78, 5) is 43.3. The van der Waals surface area contributed by atoms with Crippen LogP contribution in [0.25, 0.3) is 10.9 Å². The fourth-order valence-electron chi connectivity index (χ4n) is 6.14. The largest absolute Gasteiger partial charge is 0.465 e. The summed E-state index contributed by atoms with van der Waals surface area (Å²) in [5.74, 6) is 6.32. The number of aromatic nitrogens is 3. The van der Waals surface area contributed by atoms with Crippen LogP contribution in [0.15, 0.2) is 35.3 Å². The number of amides is 1. The van der Waals surface area contributed by atoms with Gasteiger partial charge in [0.1, 0.15) is 11.4 Å². The topological polar surface area (TPSA) is 133 Å². The van der Waals surface area contributed by atoms with Crippen molar-refractivity contribution in [3.63, 3.8) is 0 Å². The van der Waals surface area contributed by atoms with Gasteiger partial charge < -0.3 is 19.9 Å². The first-order valence-corrected chi connectivity index (χ1v) is 14.7. The number of ether oxygens (including phenoxy) is 1. The van der Waals surface area contributed by atoms with E-state index in [1.807, 2.05) is 43.0 Å². The second kappa shape index (κ2) is 11.4. The molecule has 0 spiro atoms. The van der Waals surface area contributed by atoms with E-state index in [1.165, 1.54) is 0 Å². The third kappa shape index (κ3) is 5.37. The van der Waals surface area contributed by atoms with Crippen LogP contribution < -0.4 is 10.9 Å². The van der Waals surface area contributed by atoms with E-state index in [-0.39, 0.29) is 35.4 Å². The number of benzene rings is 1. The van der Waals surface area contributed by atoms with E-state index < -0.39 is 0 Å². The minimum absolute atomic E-state index is 0.0110. The zero-order chi connectivity index (χ0) is 29.4. The first-order chi connectivity index (χ1) is 20.3. The van der Waals surface area contributed by atoms with Crippen LogP contribution in [-0.2, 0) is 16.1 Å². The SMILES string of the molecule is CC(C)COC(=O)C1CCC(N2Cc3cc(Nc4nn(C(C#CC#N)C5CC5)c5cc[nH]c(=O)c45)ccc3C2=O)CC1. The molecule has 2 N–H and O–H groups in total. The molecule has 1 unspecified atom stereocenters. The molecule has 216 valence electrons. The monoisotopic (exact) mass is 566 g/mol. The molecule has 0 bridgehead atoms. The van der Waals surface area contributed by atoms with E-state index in [2.05, 4.69) is 22.1 Å². The molecule has 42 heavy (non-hydrogen) atoms. The van der Waals surface area contributed by atoms with Crippen LogP contribution >= 0.6 is 0 Å². The smallest absolute Gasteiger partial charge is 0.308 e. The van der Waals surface area contributed by atoms with Gasteiger partial charge in [0.2, 0.25) is 0 Å².